The molecule has 1 atom stereocenters. The Hall–Kier alpha value is -0.860. The number of aryl methyl sites for hydroxylation is 1. The SMILES string of the molecule is CCCc1ccc(C(N)COCCC(C)(C)C)cc1. The normalized spacial score (nSPS) is 13.5. The topological polar surface area (TPSA) is 35.2 Å². The van der Waals surface area contributed by atoms with E-state index in [2.05, 4.69) is 52.0 Å². The fourth-order valence-corrected chi connectivity index (χ4v) is 1.91. The minimum atomic E-state index is -0.0179. The molecule has 0 aliphatic carbocycles. The first-order valence-corrected chi connectivity index (χ1v) is 7.34. The Morgan fingerprint density at radius 3 is 2.32 bits per heavy atom. The first-order chi connectivity index (χ1) is 8.92. The van der Waals surface area contributed by atoms with Crippen LogP contribution in [-0.2, 0) is 11.2 Å². The molecular formula is C17H29NO. The van der Waals surface area contributed by atoms with Gasteiger partial charge in [0.2, 0.25) is 0 Å². The standard InChI is InChI=1S/C17H29NO/c1-5-6-14-7-9-15(10-8-14)16(18)13-19-12-11-17(2,3)4/h7-10,16H,5-6,11-13,18H2,1-4H3. The Balaban J connectivity index is 2.34. The zero-order valence-corrected chi connectivity index (χ0v) is 12.9. The number of hydrogen-bond donors (Lipinski definition) is 1. The predicted molar refractivity (Wildman–Crippen MR) is 82.3 cm³/mol. The van der Waals surface area contributed by atoms with Crippen molar-refractivity contribution in [1.29, 1.82) is 0 Å². The first-order valence-electron chi connectivity index (χ1n) is 7.34. The lowest BCUT2D eigenvalue weighted by Gasteiger charge is -2.19. The Bertz CT molecular complexity index is 351. The van der Waals surface area contributed by atoms with Crippen molar-refractivity contribution < 1.29 is 4.74 Å². The molecule has 0 heterocycles. The Kier molecular flexibility index (Phi) is 6.53. The van der Waals surface area contributed by atoms with Crippen LogP contribution in [0, 0.1) is 5.41 Å². The van der Waals surface area contributed by atoms with Crippen LogP contribution in [-0.4, -0.2) is 13.2 Å². The summed E-state index contributed by atoms with van der Waals surface area (Å²) in [5, 5.41) is 0. The number of nitrogens with two attached hydrogens (primary N) is 1. The van der Waals surface area contributed by atoms with Gasteiger partial charge in [0, 0.05) is 6.61 Å². The van der Waals surface area contributed by atoms with Gasteiger partial charge in [0.15, 0.2) is 0 Å². The van der Waals surface area contributed by atoms with Crippen molar-refractivity contribution in [3.8, 4) is 0 Å². The molecule has 0 aliphatic heterocycles. The summed E-state index contributed by atoms with van der Waals surface area (Å²) in [5.74, 6) is 0. The van der Waals surface area contributed by atoms with Gasteiger partial charge in [-0.2, -0.15) is 0 Å². The molecule has 2 N–H and O–H groups in total. The van der Waals surface area contributed by atoms with E-state index in [9.17, 15) is 0 Å². The summed E-state index contributed by atoms with van der Waals surface area (Å²) >= 11 is 0. The Morgan fingerprint density at radius 1 is 1.16 bits per heavy atom. The second-order valence-electron chi connectivity index (χ2n) is 6.48. The maximum absolute atomic E-state index is 6.14. The van der Waals surface area contributed by atoms with E-state index in [0.717, 1.165) is 25.0 Å². The fourth-order valence-electron chi connectivity index (χ4n) is 1.91. The summed E-state index contributed by atoms with van der Waals surface area (Å²) in [4.78, 5) is 0. The van der Waals surface area contributed by atoms with Crippen LogP contribution >= 0.6 is 0 Å². The molecule has 0 fully saturated rings. The molecule has 19 heavy (non-hydrogen) atoms. The van der Waals surface area contributed by atoms with Gasteiger partial charge in [-0.25, -0.2) is 0 Å². The molecule has 0 amide bonds. The van der Waals surface area contributed by atoms with Crippen LogP contribution in [0.1, 0.15) is 57.7 Å². The molecule has 0 aliphatic rings. The maximum Gasteiger partial charge on any atom is 0.0659 e. The van der Waals surface area contributed by atoms with Gasteiger partial charge in [-0.3, -0.25) is 0 Å². The van der Waals surface area contributed by atoms with Gasteiger partial charge in [-0.1, -0.05) is 58.4 Å². The van der Waals surface area contributed by atoms with Gasteiger partial charge in [0.25, 0.3) is 0 Å². The summed E-state index contributed by atoms with van der Waals surface area (Å²) in [6.07, 6.45) is 3.38. The summed E-state index contributed by atoms with van der Waals surface area (Å²) < 4.78 is 5.68. The molecule has 2 heteroatoms. The van der Waals surface area contributed by atoms with E-state index in [1.807, 2.05) is 0 Å². The lowest BCUT2D eigenvalue weighted by Crippen LogP contribution is -2.19. The van der Waals surface area contributed by atoms with Crippen LogP contribution in [0.4, 0.5) is 0 Å². The number of rotatable bonds is 7. The van der Waals surface area contributed by atoms with Crippen molar-refractivity contribution in [1.82, 2.24) is 0 Å². The maximum atomic E-state index is 6.14. The quantitative estimate of drug-likeness (QED) is 0.752. The molecule has 1 aromatic rings. The van der Waals surface area contributed by atoms with Gasteiger partial charge in [-0.15, -0.1) is 0 Å². The summed E-state index contributed by atoms with van der Waals surface area (Å²) in [6, 6.07) is 8.59. The van der Waals surface area contributed by atoms with Crippen LogP contribution in [0.5, 0.6) is 0 Å². The second-order valence-corrected chi connectivity index (χ2v) is 6.48. The monoisotopic (exact) mass is 263 g/mol. The number of ether oxygens (including phenoxy) is 1. The van der Waals surface area contributed by atoms with Crippen LogP contribution < -0.4 is 5.73 Å². The third kappa shape index (κ3) is 6.74. The van der Waals surface area contributed by atoms with Crippen LogP contribution in [0.15, 0.2) is 24.3 Å². The molecule has 1 aromatic carbocycles. The molecule has 108 valence electrons. The molecule has 1 rings (SSSR count). The van der Waals surface area contributed by atoms with Crippen molar-refractivity contribution in [2.75, 3.05) is 13.2 Å². The average Bonchev–Trinajstić information content (AvgIpc) is 2.34. The molecule has 0 saturated heterocycles. The second kappa shape index (κ2) is 7.66. The highest BCUT2D eigenvalue weighted by molar-refractivity contribution is 5.24. The van der Waals surface area contributed by atoms with Crippen LogP contribution in [0.2, 0.25) is 0 Å². The average molecular weight is 263 g/mol. The molecule has 0 spiro atoms. The highest BCUT2D eigenvalue weighted by Gasteiger charge is 2.11. The lowest BCUT2D eigenvalue weighted by molar-refractivity contribution is 0.0974. The van der Waals surface area contributed by atoms with Crippen molar-refractivity contribution in [2.24, 2.45) is 11.1 Å². The number of hydrogen-bond acceptors (Lipinski definition) is 2. The van der Waals surface area contributed by atoms with E-state index in [4.69, 9.17) is 10.5 Å². The lowest BCUT2D eigenvalue weighted by atomic mass is 9.93. The van der Waals surface area contributed by atoms with Crippen molar-refractivity contribution in [3.05, 3.63) is 35.4 Å². The Labute approximate surface area is 118 Å². The van der Waals surface area contributed by atoms with E-state index < -0.39 is 0 Å². The molecule has 1 unspecified atom stereocenters. The summed E-state index contributed by atoms with van der Waals surface area (Å²) in [6.45, 7) is 10.3. The van der Waals surface area contributed by atoms with E-state index in [1.165, 1.54) is 12.0 Å². The van der Waals surface area contributed by atoms with Crippen molar-refractivity contribution in [3.63, 3.8) is 0 Å². The van der Waals surface area contributed by atoms with Crippen LogP contribution in [0.25, 0.3) is 0 Å². The first kappa shape index (κ1) is 16.2. The molecule has 0 aromatic heterocycles. The van der Waals surface area contributed by atoms with Crippen LogP contribution in [0.3, 0.4) is 0 Å². The predicted octanol–water partition coefficient (Wildman–Crippen LogP) is 4.09. The molecule has 2 nitrogen and oxygen atoms in total. The minimum Gasteiger partial charge on any atom is -0.379 e. The van der Waals surface area contributed by atoms with Gasteiger partial charge in [0.1, 0.15) is 0 Å². The molecular weight excluding hydrogens is 234 g/mol. The highest BCUT2D eigenvalue weighted by atomic mass is 16.5. The van der Waals surface area contributed by atoms with E-state index in [0.29, 0.717) is 12.0 Å². The van der Waals surface area contributed by atoms with Gasteiger partial charge < -0.3 is 10.5 Å². The van der Waals surface area contributed by atoms with Gasteiger partial charge >= 0.3 is 0 Å². The third-order valence-electron chi connectivity index (χ3n) is 3.24. The summed E-state index contributed by atoms with van der Waals surface area (Å²) in [7, 11) is 0. The van der Waals surface area contributed by atoms with Gasteiger partial charge in [-0.05, 0) is 29.4 Å². The molecule has 0 bridgehead atoms. The van der Waals surface area contributed by atoms with Crippen molar-refractivity contribution >= 4 is 0 Å². The van der Waals surface area contributed by atoms with Gasteiger partial charge in [0.05, 0.1) is 12.6 Å². The summed E-state index contributed by atoms with van der Waals surface area (Å²) in [5.41, 5.74) is 9.01. The Morgan fingerprint density at radius 2 is 1.79 bits per heavy atom. The smallest absolute Gasteiger partial charge is 0.0659 e. The largest absolute Gasteiger partial charge is 0.379 e. The highest BCUT2D eigenvalue weighted by Crippen LogP contribution is 2.19. The fraction of sp³-hybridized carbons (Fsp3) is 0.647. The zero-order chi connectivity index (χ0) is 14.3. The number of benzene rings is 1. The molecule has 0 saturated carbocycles. The van der Waals surface area contributed by atoms with E-state index in [1.54, 1.807) is 0 Å². The van der Waals surface area contributed by atoms with Crippen molar-refractivity contribution in [2.45, 2.75) is 53.0 Å². The third-order valence-corrected chi connectivity index (χ3v) is 3.24. The zero-order valence-electron chi connectivity index (χ0n) is 12.9. The molecule has 0 radical (unpaired) electrons. The van der Waals surface area contributed by atoms with E-state index >= 15 is 0 Å². The minimum absolute atomic E-state index is 0.0179. The van der Waals surface area contributed by atoms with E-state index in [-0.39, 0.29) is 6.04 Å².